The molecule has 20 heavy (non-hydrogen) atoms. The smallest absolute Gasteiger partial charge is 0.329 e. The standard InChI is InChI=1S/C13H22N2O4S/c1-2-19-13(17)11-9-20-6-4-15(11)12(16)7-10-8-18-5-3-14-10/h10-11,14H,2-9H2,1H3. The van der Waals surface area contributed by atoms with Gasteiger partial charge in [0.25, 0.3) is 0 Å². The van der Waals surface area contributed by atoms with Gasteiger partial charge in [-0.3, -0.25) is 4.79 Å². The number of rotatable bonds is 4. The molecular formula is C13H22N2O4S. The largest absolute Gasteiger partial charge is 0.464 e. The highest BCUT2D eigenvalue weighted by Gasteiger charge is 2.34. The minimum atomic E-state index is -0.439. The van der Waals surface area contributed by atoms with E-state index in [-0.39, 0.29) is 17.9 Å². The Hall–Kier alpha value is -0.790. The van der Waals surface area contributed by atoms with Crippen LogP contribution in [0, 0.1) is 0 Å². The molecule has 1 N–H and O–H groups in total. The van der Waals surface area contributed by atoms with E-state index in [0.717, 1.165) is 12.3 Å². The van der Waals surface area contributed by atoms with Crippen molar-refractivity contribution in [2.45, 2.75) is 25.4 Å². The number of carbonyl (C=O) groups is 2. The first-order valence-corrected chi connectivity index (χ1v) is 8.22. The lowest BCUT2D eigenvalue weighted by atomic mass is 10.1. The molecule has 2 fully saturated rings. The highest BCUT2D eigenvalue weighted by molar-refractivity contribution is 7.99. The van der Waals surface area contributed by atoms with Crippen molar-refractivity contribution < 1.29 is 19.1 Å². The molecular weight excluding hydrogens is 280 g/mol. The fourth-order valence-corrected chi connectivity index (χ4v) is 3.45. The normalized spacial score (nSPS) is 27.1. The van der Waals surface area contributed by atoms with Crippen LogP contribution in [0.3, 0.4) is 0 Å². The van der Waals surface area contributed by atoms with Gasteiger partial charge in [-0.05, 0) is 6.92 Å². The quantitative estimate of drug-likeness (QED) is 0.730. The summed E-state index contributed by atoms with van der Waals surface area (Å²) in [5.74, 6) is 1.21. The van der Waals surface area contributed by atoms with Gasteiger partial charge in [-0.15, -0.1) is 0 Å². The van der Waals surface area contributed by atoms with E-state index in [4.69, 9.17) is 9.47 Å². The molecule has 2 unspecified atom stereocenters. The summed E-state index contributed by atoms with van der Waals surface area (Å²) in [5, 5.41) is 3.26. The second-order valence-electron chi connectivity index (χ2n) is 4.86. The third-order valence-electron chi connectivity index (χ3n) is 3.43. The van der Waals surface area contributed by atoms with Crippen LogP contribution in [0.5, 0.6) is 0 Å². The lowest BCUT2D eigenvalue weighted by Crippen LogP contribution is -2.53. The molecule has 7 heteroatoms. The number of esters is 1. The molecule has 0 saturated carbocycles. The average molecular weight is 302 g/mol. The molecule has 2 atom stereocenters. The van der Waals surface area contributed by atoms with E-state index >= 15 is 0 Å². The predicted octanol–water partition coefficient (Wildman–Crippen LogP) is -0.128. The Kier molecular flexibility index (Phi) is 6.12. The van der Waals surface area contributed by atoms with Crippen LogP contribution >= 0.6 is 11.8 Å². The average Bonchev–Trinajstić information content (AvgIpc) is 2.48. The Morgan fingerprint density at radius 2 is 2.35 bits per heavy atom. The van der Waals surface area contributed by atoms with Gasteiger partial charge < -0.3 is 19.7 Å². The zero-order valence-electron chi connectivity index (χ0n) is 11.8. The summed E-state index contributed by atoms with van der Waals surface area (Å²) in [7, 11) is 0. The molecule has 2 saturated heterocycles. The van der Waals surface area contributed by atoms with Crippen LogP contribution in [0.25, 0.3) is 0 Å². The molecule has 1 amide bonds. The van der Waals surface area contributed by atoms with Crippen molar-refractivity contribution in [3.8, 4) is 0 Å². The van der Waals surface area contributed by atoms with Gasteiger partial charge in [0.1, 0.15) is 6.04 Å². The fraction of sp³-hybridized carbons (Fsp3) is 0.846. The lowest BCUT2D eigenvalue weighted by molar-refractivity contribution is -0.154. The molecule has 0 aromatic heterocycles. The number of morpholine rings is 1. The molecule has 6 nitrogen and oxygen atoms in total. The summed E-state index contributed by atoms with van der Waals surface area (Å²) in [6.07, 6.45) is 0.376. The number of hydrogen-bond acceptors (Lipinski definition) is 6. The number of carbonyl (C=O) groups excluding carboxylic acids is 2. The van der Waals surface area contributed by atoms with Crippen molar-refractivity contribution in [1.82, 2.24) is 10.2 Å². The van der Waals surface area contributed by atoms with Crippen LogP contribution in [0.4, 0.5) is 0 Å². The maximum absolute atomic E-state index is 12.4. The van der Waals surface area contributed by atoms with E-state index in [0.29, 0.717) is 38.5 Å². The Labute approximate surface area is 123 Å². The number of nitrogens with zero attached hydrogens (tertiary/aromatic N) is 1. The first-order chi connectivity index (χ1) is 9.72. The topological polar surface area (TPSA) is 67.9 Å². The molecule has 2 heterocycles. The van der Waals surface area contributed by atoms with Crippen LogP contribution in [0.1, 0.15) is 13.3 Å². The summed E-state index contributed by atoms with van der Waals surface area (Å²) >= 11 is 1.69. The zero-order chi connectivity index (χ0) is 14.4. The van der Waals surface area contributed by atoms with Gasteiger partial charge in [0.2, 0.25) is 5.91 Å². The van der Waals surface area contributed by atoms with E-state index in [9.17, 15) is 9.59 Å². The number of amides is 1. The Bertz CT molecular complexity index is 347. The number of hydrogen-bond donors (Lipinski definition) is 1. The molecule has 0 aromatic carbocycles. The summed E-state index contributed by atoms with van der Waals surface area (Å²) in [4.78, 5) is 26.0. The maximum atomic E-state index is 12.4. The minimum Gasteiger partial charge on any atom is -0.464 e. The zero-order valence-corrected chi connectivity index (χ0v) is 12.6. The Morgan fingerprint density at radius 3 is 3.05 bits per heavy atom. The third kappa shape index (κ3) is 4.10. The maximum Gasteiger partial charge on any atom is 0.329 e. The van der Waals surface area contributed by atoms with Crippen molar-refractivity contribution in [2.24, 2.45) is 0 Å². The van der Waals surface area contributed by atoms with Crippen LogP contribution in [0.15, 0.2) is 0 Å². The first-order valence-electron chi connectivity index (χ1n) is 7.07. The molecule has 0 aromatic rings. The number of ether oxygens (including phenoxy) is 2. The summed E-state index contributed by atoms with van der Waals surface area (Å²) < 4.78 is 10.4. The molecule has 2 aliphatic rings. The highest BCUT2D eigenvalue weighted by atomic mass is 32.2. The van der Waals surface area contributed by atoms with Gasteiger partial charge in [0.15, 0.2) is 0 Å². The van der Waals surface area contributed by atoms with Crippen molar-refractivity contribution >= 4 is 23.6 Å². The predicted molar refractivity (Wildman–Crippen MR) is 76.7 cm³/mol. The minimum absolute atomic E-state index is 0.00588. The Balaban J connectivity index is 1.92. The fourth-order valence-electron chi connectivity index (χ4n) is 2.41. The SMILES string of the molecule is CCOC(=O)C1CSCCN1C(=O)CC1COCCN1. The van der Waals surface area contributed by atoms with Crippen LogP contribution in [-0.4, -0.2) is 73.3 Å². The van der Waals surface area contributed by atoms with Gasteiger partial charge in [-0.25, -0.2) is 4.79 Å². The van der Waals surface area contributed by atoms with E-state index < -0.39 is 6.04 Å². The second kappa shape index (κ2) is 7.85. The summed E-state index contributed by atoms with van der Waals surface area (Å²) in [5.41, 5.74) is 0. The van der Waals surface area contributed by atoms with Gasteiger partial charge in [0, 0.05) is 37.1 Å². The molecule has 0 spiro atoms. The second-order valence-corrected chi connectivity index (χ2v) is 6.01. The molecule has 2 rings (SSSR count). The van der Waals surface area contributed by atoms with Gasteiger partial charge in [-0.1, -0.05) is 0 Å². The summed E-state index contributed by atoms with van der Waals surface area (Å²) in [6.45, 7) is 4.76. The monoisotopic (exact) mass is 302 g/mol. The van der Waals surface area contributed by atoms with Gasteiger partial charge in [0.05, 0.1) is 19.8 Å². The highest BCUT2D eigenvalue weighted by Crippen LogP contribution is 2.19. The molecule has 114 valence electrons. The molecule has 0 aliphatic carbocycles. The van der Waals surface area contributed by atoms with Crippen molar-refractivity contribution in [1.29, 1.82) is 0 Å². The van der Waals surface area contributed by atoms with E-state index in [2.05, 4.69) is 5.32 Å². The number of thioether (sulfide) groups is 1. The van der Waals surface area contributed by atoms with Crippen molar-refractivity contribution in [2.75, 3.05) is 44.4 Å². The van der Waals surface area contributed by atoms with E-state index in [1.54, 1.807) is 23.6 Å². The van der Waals surface area contributed by atoms with Crippen LogP contribution in [0.2, 0.25) is 0 Å². The molecule has 0 bridgehead atoms. The van der Waals surface area contributed by atoms with E-state index in [1.165, 1.54) is 0 Å². The van der Waals surface area contributed by atoms with Gasteiger partial charge >= 0.3 is 5.97 Å². The van der Waals surface area contributed by atoms with E-state index in [1.807, 2.05) is 0 Å². The van der Waals surface area contributed by atoms with Gasteiger partial charge in [-0.2, -0.15) is 11.8 Å². The third-order valence-corrected chi connectivity index (χ3v) is 4.45. The van der Waals surface area contributed by atoms with Crippen LogP contribution < -0.4 is 5.32 Å². The lowest BCUT2D eigenvalue weighted by Gasteiger charge is -2.35. The number of nitrogens with one attached hydrogen (secondary N) is 1. The van der Waals surface area contributed by atoms with Crippen molar-refractivity contribution in [3.05, 3.63) is 0 Å². The molecule has 2 aliphatic heterocycles. The first kappa shape index (κ1) is 15.6. The molecule has 0 radical (unpaired) electrons. The van der Waals surface area contributed by atoms with Crippen molar-refractivity contribution in [3.63, 3.8) is 0 Å². The Morgan fingerprint density at radius 1 is 1.50 bits per heavy atom. The summed E-state index contributed by atoms with van der Waals surface area (Å²) in [6, 6.07) is -0.389. The van der Waals surface area contributed by atoms with Crippen LogP contribution in [-0.2, 0) is 19.1 Å².